The Hall–Kier alpha value is -2.38. The summed E-state index contributed by atoms with van der Waals surface area (Å²) in [5.74, 6) is 0.505. The molecule has 0 saturated carbocycles. The molecule has 0 bridgehead atoms. The summed E-state index contributed by atoms with van der Waals surface area (Å²) >= 11 is 0. The van der Waals surface area contributed by atoms with Gasteiger partial charge in [0.2, 0.25) is 5.91 Å². The van der Waals surface area contributed by atoms with Gasteiger partial charge >= 0.3 is 0 Å². The van der Waals surface area contributed by atoms with Crippen LogP contribution >= 0.6 is 0 Å². The van der Waals surface area contributed by atoms with Crippen LogP contribution in [-0.4, -0.2) is 51.9 Å². The zero-order valence-electron chi connectivity index (χ0n) is 19.4. The third kappa shape index (κ3) is 6.33. The fourth-order valence-electron chi connectivity index (χ4n) is 4.11. The molecule has 1 N–H and O–H groups in total. The van der Waals surface area contributed by atoms with Crippen LogP contribution < -0.4 is 9.62 Å². The number of nitrogens with zero attached hydrogens (tertiary/aromatic N) is 2. The standard InChI is InChI=1S/C25H35N3O3S/c1-20-12-16-27(17-13-20)15-7-14-26-25(29)19-28(24-11-10-21(2)18-22(24)3)32(30,31)23-8-5-4-6-9-23/h4-6,8-11,18,20H,7,12-17,19H2,1-3H3,(H,26,29). The number of sulfonamides is 1. The number of likely N-dealkylation sites (tertiary alicyclic amines) is 1. The van der Waals surface area contributed by atoms with Crippen molar-refractivity contribution >= 4 is 21.6 Å². The Morgan fingerprint density at radius 3 is 2.44 bits per heavy atom. The van der Waals surface area contributed by atoms with Gasteiger partial charge in [-0.1, -0.05) is 42.8 Å². The zero-order chi connectivity index (χ0) is 23.1. The van der Waals surface area contributed by atoms with Gasteiger partial charge in [0.25, 0.3) is 10.0 Å². The van der Waals surface area contributed by atoms with Gasteiger partial charge in [0.1, 0.15) is 6.54 Å². The average molecular weight is 458 g/mol. The first-order valence-electron chi connectivity index (χ1n) is 11.4. The molecule has 174 valence electrons. The lowest BCUT2D eigenvalue weighted by molar-refractivity contribution is -0.119. The summed E-state index contributed by atoms with van der Waals surface area (Å²) in [6.45, 7) is 9.60. The van der Waals surface area contributed by atoms with Gasteiger partial charge in [-0.05, 0) is 82.4 Å². The van der Waals surface area contributed by atoms with Crippen LogP contribution in [0.3, 0.4) is 0 Å². The summed E-state index contributed by atoms with van der Waals surface area (Å²) < 4.78 is 28.0. The van der Waals surface area contributed by atoms with Crippen LogP contribution in [0.2, 0.25) is 0 Å². The second-order valence-corrected chi connectivity index (χ2v) is 10.7. The molecule has 2 aromatic carbocycles. The van der Waals surface area contributed by atoms with Crippen LogP contribution in [0.25, 0.3) is 0 Å². The van der Waals surface area contributed by atoms with Gasteiger partial charge in [-0.15, -0.1) is 0 Å². The van der Waals surface area contributed by atoms with E-state index in [1.54, 1.807) is 36.4 Å². The largest absolute Gasteiger partial charge is 0.354 e. The number of benzene rings is 2. The van der Waals surface area contributed by atoms with E-state index in [1.807, 2.05) is 26.0 Å². The van der Waals surface area contributed by atoms with E-state index in [-0.39, 0.29) is 17.3 Å². The first kappa shape index (κ1) is 24.3. The molecule has 0 radical (unpaired) electrons. The first-order valence-corrected chi connectivity index (χ1v) is 12.9. The lowest BCUT2D eigenvalue weighted by Crippen LogP contribution is -2.42. The molecule has 32 heavy (non-hydrogen) atoms. The number of hydrogen-bond donors (Lipinski definition) is 1. The molecule has 0 aromatic heterocycles. The van der Waals surface area contributed by atoms with Crippen molar-refractivity contribution in [2.24, 2.45) is 5.92 Å². The molecule has 1 saturated heterocycles. The van der Waals surface area contributed by atoms with Crippen molar-refractivity contribution in [3.8, 4) is 0 Å². The summed E-state index contributed by atoms with van der Waals surface area (Å²) in [6, 6.07) is 13.8. The fourth-order valence-corrected chi connectivity index (χ4v) is 5.61. The van der Waals surface area contributed by atoms with E-state index in [4.69, 9.17) is 0 Å². The number of carbonyl (C=O) groups excluding carboxylic acids is 1. The van der Waals surface area contributed by atoms with E-state index in [9.17, 15) is 13.2 Å². The van der Waals surface area contributed by atoms with Gasteiger partial charge in [-0.25, -0.2) is 8.42 Å². The van der Waals surface area contributed by atoms with Crippen molar-refractivity contribution < 1.29 is 13.2 Å². The highest BCUT2D eigenvalue weighted by Crippen LogP contribution is 2.27. The van der Waals surface area contributed by atoms with Gasteiger partial charge in [0, 0.05) is 6.54 Å². The second-order valence-electron chi connectivity index (χ2n) is 8.84. The number of amides is 1. The lowest BCUT2D eigenvalue weighted by atomic mass is 9.99. The van der Waals surface area contributed by atoms with Gasteiger partial charge in [-0.3, -0.25) is 9.10 Å². The molecule has 1 heterocycles. The molecule has 1 aliphatic rings. The van der Waals surface area contributed by atoms with Gasteiger partial charge in [0.05, 0.1) is 10.6 Å². The van der Waals surface area contributed by atoms with Crippen LogP contribution in [0, 0.1) is 19.8 Å². The predicted octanol–water partition coefficient (Wildman–Crippen LogP) is 3.74. The summed E-state index contributed by atoms with van der Waals surface area (Å²) in [7, 11) is -3.87. The Morgan fingerprint density at radius 1 is 1.09 bits per heavy atom. The monoisotopic (exact) mass is 457 g/mol. The number of carbonyl (C=O) groups is 1. The third-order valence-corrected chi connectivity index (χ3v) is 7.86. The fraction of sp³-hybridized carbons (Fsp3) is 0.480. The van der Waals surface area contributed by atoms with Crippen LogP contribution in [0.5, 0.6) is 0 Å². The minimum absolute atomic E-state index is 0.173. The van der Waals surface area contributed by atoms with E-state index in [0.29, 0.717) is 12.2 Å². The lowest BCUT2D eigenvalue weighted by Gasteiger charge is -2.30. The molecular formula is C25H35N3O3S. The number of piperidine rings is 1. The van der Waals surface area contributed by atoms with Crippen molar-refractivity contribution in [1.82, 2.24) is 10.2 Å². The average Bonchev–Trinajstić information content (AvgIpc) is 2.77. The number of aryl methyl sites for hydroxylation is 2. The van der Waals surface area contributed by atoms with Crippen molar-refractivity contribution in [1.29, 1.82) is 0 Å². The van der Waals surface area contributed by atoms with Crippen LogP contribution in [0.15, 0.2) is 53.4 Å². The Morgan fingerprint density at radius 2 is 1.78 bits per heavy atom. The van der Waals surface area contributed by atoms with Crippen LogP contribution in [-0.2, 0) is 14.8 Å². The molecule has 1 fully saturated rings. The molecule has 6 nitrogen and oxygen atoms in total. The maximum absolute atomic E-state index is 13.4. The molecule has 2 aromatic rings. The highest BCUT2D eigenvalue weighted by Gasteiger charge is 2.28. The van der Waals surface area contributed by atoms with E-state index >= 15 is 0 Å². The summed E-state index contributed by atoms with van der Waals surface area (Å²) in [6.07, 6.45) is 3.32. The van der Waals surface area contributed by atoms with Gasteiger partial charge < -0.3 is 10.2 Å². The molecule has 1 amide bonds. The van der Waals surface area contributed by atoms with Crippen LogP contribution in [0.4, 0.5) is 5.69 Å². The molecule has 1 aliphatic heterocycles. The topological polar surface area (TPSA) is 69.7 Å². The normalized spacial score (nSPS) is 15.5. The summed E-state index contributed by atoms with van der Waals surface area (Å²) in [5.41, 5.74) is 2.38. The first-order chi connectivity index (χ1) is 15.3. The molecule has 3 rings (SSSR count). The highest BCUT2D eigenvalue weighted by atomic mass is 32.2. The summed E-state index contributed by atoms with van der Waals surface area (Å²) in [5, 5.41) is 2.91. The van der Waals surface area contributed by atoms with Gasteiger partial charge in [-0.2, -0.15) is 0 Å². The quantitative estimate of drug-likeness (QED) is 0.583. The minimum Gasteiger partial charge on any atom is -0.354 e. The highest BCUT2D eigenvalue weighted by molar-refractivity contribution is 7.92. The number of anilines is 1. The number of hydrogen-bond acceptors (Lipinski definition) is 4. The van der Waals surface area contributed by atoms with E-state index in [0.717, 1.165) is 43.1 Å². The Bertz CT molecular complexity index is 1000. The third-order valence-electron chi connectivity index (χ3n) is 6.09. The van der Waals surface area contributed by atoms with E-state index in [1.165, 1.54) is 17.1 Å². The summed E-state index contributed by atoms with van der Waals surface area (Å²) in [4.78, 5) is 15.4. The Balaban J connectivity index is 1.67. The van der Waals surface area contributed by atoms with Crippen molar-refractivity contribution in [2.75, 3.05) is 37.0 Å². The maximum atomic E-state index is 13.4. The maximum Gasteiger partial charge on any atom is 0.264 e. The van der Waals surface area contributed by atoms with Crippen molar-refractivity contribution in [3.63, 3.8) is 0 Å². The molecule has 0 atom stereocenters. The molecule has 0 aliphatic carbocycles. The zero-order valence-corrected chi connectivity index (χ0v) is 20.2. The van der Waals surface area contributed by atoms with E-state index in [2.05, 4.69) is 17.1 Å². The molecule has 0 spiro atoms. The molecule has 0 unspecified atom stereocenters. The van der Waals surface area contributed by atoms with Crippen molar-refractivity contribution in [2.45, 2.75) is 44.9 Å². The molecule has 7 heteroatoms. The number of rotatable bonds is 9. The van der Waals surface area contributed by atoms with Crippen LogP contribution in [0.1, 0.15) is 37.3 Å². The van der Waals surface area contributed by atoms with Gasteiger partial charge in [0.15, 0.2) is 0 Å². The minimum atomic E-state index is -3.87. The predicted molar refractivity (Wildman–Crippen MR) is 129 cm³/mol. The Kier molecular flexibility index (Phi) is 8.32. The van der Waals surface area contributed by atoms with Crippen molar-refractivity contribution in [3.05, 3.63) is 59.7 Å². The Labute approximate surface area is 192 Å². The van der Waals surface area contributed by atoms with E-state index < -0.39 is 10.0 Å². The second kappa shape index (κ2) is 11.0. The number of nitrogens with one attached hydrogen (secondary N) is 1. The SMILES string of the molecule is Cc1ccc(N(CC(=O)NCCCN2CCC(C)CC2)S(=O)(=O)c2ccccc2)c(C)c1. The molecular weight excluding hydrogens is 422 g/mol. The smallest absolute Gasteiger partial charge is 0.264 e.